The molecule has 0 nitrogen and oxygen atoms in total. The van der Waals surface area contributed by atoms with Crippen LogP contribution in [0.25, 0.3) is 0 Å². The van der Waals surface area contributed by atoms with Crippen molar-refractivity contribution in [3.05, 3.63) is 95.5 Å². The number of aryl methyl sites for hydroxylation is 1. The third-order valence-electron chi connectivity index (χ3n) is 3.67. The molecule has 0 saturated heterocycles. The third-order valence-corrected chi connectivity index (χ3v) is 6.44. The average molecular weight is 325 g/mol. The van der Waals surface area contributed by atoms with Crippen molar-refractivity contribution in [1.82, 2.24) is 0 Å². The van der Waals surface area contributed by atoms with Gasteiger partial charge in [0.2, 0.25) is 0 Å². The average Bonchev–Trinajstić information content (AvgIpc) is 2.59. The fourth-order valence-corrected chi connectivity index (χ4v) is 5.00. The molecule has 0 atom stereocenters. The topological polar surface area (TPSA) is 0 Å². The van der Waals surface area contributed by atoms with Crippen molar-refractivity contribution in [3.8, 4) is 0 Å². The molecule has 3 aromatic carbocycles. The van der Waals surface area contributed by atoms with Crippen LogP contribution in [0.2, 0.25) is 5.02 Å². The molecule has 3 rings (SSSR count). The molecule has 0 saturated carbocycles. The molecule has 0 heterocycles. The molecule has 0 amide bonds. The van der Waals surface area contributed by atoms with Gasteiger partial charge in [-0.3, -0.25) is 0 Å². The second-order valence-electron chi connectivity index (χ2n) is 5.20. The Hall–Kier alpha value is -1.62. The summed E-state index contributed by atoms with van der Waals surface area (Å²) >= 11 is 5.97. The molecule has 0 spiro atoms. The maximum Gasteiger partial charge on any atom is 0.0406 e. The molecule has 0 aliphatic rings. The highest BCUT2D eigenvalue weighted by Crippen LogP contribution is 2.34. The van der Waals surface area contributed by atoms with Crippen LogP contribution in [0.15, 0.2) is 84.9 Å². The van der Waals surface area contributed by atoms with Crippen molar-refractivity contribution >= 4 is 30.1 Å². The zero-order valence-corrected chi connectivity index (χ0v) is 14.0. The van der Waals surface area contributed by atoms with Crippen molar-refractivity contribution in [2.75, 3.05) is 6.16 Å². The lowest BCUT2D eigenvalue weighted by molar-refractivity contribution is 1.15. The highest BCUT2D eigenvalue weighted by molar-refractivity contribution is 7.73. The first kappa shape index (κ1) is 15.3. The second-order valence-corrected chi connectivity index (χ2v) is 7.97. The summed E-state index contributed by atoms with van der Waals surface area (Å²) in [4.78, 5) is 0. The predicted octanol–water partition coefficient (Wildman–Crippen LogP) is 5.02. The monoisotopic (exact) mass is 324 g/mol. The molecule has 0 radical (unpaired) electrons. The largest absolute Gasteiger partial charge is 0.0843 e. The molecule has 0 N–H and O–H groups in total. The Labute approximate surface area is 138 Å². The van der Waals surface area contributed by atoms with E-state index in [0.29, 0.717) is 0 Å². The van der Waals surface area contributed by atoms with Crippen LogP contribution < -0.4 is 10.6 Å². The molecule has 110 valence electrons. The molecule has 0 aliphatic carbocycles. The van der Waals surface area contributed by atoms with Gasteiger partial charge in [0.15, 0.2) is 0 Å². The van der Waals surface area contributed by atoms with Crippen LogP contribution in [0, 0.1) is 0 Å². The first-order valence-electron chi connectivity index (χ1n) is 7.45. The van der Waals surface area contributed by atoms with Crippen molar-refractivity contribution in [3.63, 3.8) is 0 Å². The van der Waals surface area contributed by atoms with Crippen LogP contribution in [0.3, 0.4) is 0 Å². The van der Waals surface area contributed by atoms with Gasteiger partial charge in [0.1, 0.15) is 0 Å². The maximum atomic E-state index is 5.97. The van der Waals surface area contributed by atoms with Crippen LogP contribution in [0.4, 0.5) is 0 Å². The number of hydrogen-bond acceptors (Lipinski definition) is 0. The summed E-state index contributed by atoms with van der Waals surface area (Å²) in [6.45, 7) is 0. The molecule has 0 unspecified atom stereocenters. The van der Waals surface area contributed by atoms with E-state index in [1.54, 1.807) is 0 Å². The molecule has 2 heteroatoms. The Morgan fingerprint density at radius 3 is 1.64 bits per heavy atom. The molecule has 22 heavy (non-hydrogen) atoms. The maximum absolute atomic E-state index is 5.97. The van der Waals surface area contributed by atoms with Gasteiger partial charge in [-0.05, 0) is 48.8 Å². The number of hydrogen-bond donors (Lipinski definition) is 0. The lowest BCUT2D eigenvalue weighted by atomic mass is 10.2. The number of benzene rings is 3. The molecular weight excluding hydrogens is 307 g/mol. The summed E-state index contributed by atoms with van der Waals surface area (Å²) in [5.74, 6) is 0. The molecule has 0 aromatic heterocycles. The Morgan fingerprint density at radius 2 is 1.14 bits per heavy atom. The summed E-state index contributed by atoms with van der Waals surface area (Å²) in [6.07, 6.45) is 2.23. The minimum Gasteiger partial charge on any atom is -0.0843 e. The van der Waals surface area contributed by atoms with Crippen LogP contribution in [0.5, 0.6) is 0 Å². The minimum absolute atomic E-state index is 0.315. The summed E-state index contributed by atoms with van der Waals surface area (Å²) in [5, 5.41) is 3.69. The van der Waals surface area contributed by atoms with E-state index in [-0.39, 0.29) is 7.92 Å². The highest BCUT2D eigenvalue weighted by Gasteiger charge is 2.13. The van der Waals surface area contributed by atoms with Crippen LogP contribution >= 0.6 is 19.5 Å². The van der Waals surface area contributed by atoms with Crippen LogP contribution in [0.1, 0.15) is 5.56 Å². The van der Waals surface area contributed by atoms with Gasteiger partial charge in [0.25, 0.3) is 0 Å². The van der Waals surface area contributed by atoms with Gasteiger partial charge in [-0.25, -0.2) is 0 Å². The van der Waals surface area contributed by atoms with Crippen molar-refractivity contribution < 1.29 is 0 Å². The Morgan fingerprint density at radius 1 is 0.636 bits per heavy atom. The molecular formula is C20H18ClP. The molecule has 3 aromatic rings. The van der Waals surface area contributed by atoms with E-state index in [2.05, 4.69) is 72.8 Å². The summed E-state index contributed by atoms with van der Waals surface area (Å²) in [5.41, 5.74) is 1.35. The van der Waals surface area contributed by atoms with Gasteiger partial charge >= 0.3 is 0 Å². The molecule has 0 bridgehead atoms. The SMILES string of the molecule is Clc1ccc(CCP(c2ccccc2)c2ccccc2)cc1. The van der Waals surface area contributed by atoms with Crippen molar-refractivity contribution in [2.24, 2.45) is 0 Å². The van der Waals surface area contributed by atoms with Crippen molar-refractivity contribution in [1.29, 1.82) is 0 Å². The second kappa shape index (κ2) is 7.58. The van der Waals surface area contributed by atoms with Gasteiger partial charge in [0.05, 0.1) is 0 Å². The summed E-state index contributed by atoms with van der Waals surface area (Å²) in [7, 11) is -0.315. The zero-order chi connectivity index (χ0) is 15.2. The first-order chi connectivity index (χ1) is 10.8. The first-order valence-corrected chi connectivity index (χ1v) is 9.35. The minimum atomic E-state index is -0.315. The lowest BCUT2D eigenvalue weighted by Gasteiger charge is -2.18. The van der Waals surface area contributed by atoms with Crippen LogP contribution in [-0.2, 0) is 6.42 Å². The fraction of sp³-hybridized carbons (Fsp3) is 0.100. The van der Waals surface area contributed by atoms with Gasteiger partial charge in [-0.15, -0.1) is 0 Å². The predicted molar refractivity (Wildman–Crippen MR) is 99.1 cm³/mol. The van der Waals surface area contributed by atoms with E-state index in [0.717, 1.165) is 17.6 Å². The Bertz CT molecular complexity index is 653. The van der Waals surface area contributed by atoms with E-state index in [1.807, 2.05) is 12.1 Å². The van der Waals surface area contributed by atoms with Crippen molar-refractivity contribution in [2.45, 2.75) is 6.42 Å². The third kappa shape index (κ3) is 3.97. The zero-order valence-electron chi connectivity index (χ0n) is 12.3. The van der Waals surface area contributed by atoms with E-state index in [4.69, 9.17) is 11.6 Å². The van der Waals surface area contributed by atoms with E-state index in [1.165, 1.54) is 16.2 Å². The smallest absolute Gasteiger partial charge is 0.0406 e. The van der Waals surface area contributed by atoms with Gasteiger partial charge < -0.3 is 0 Å². The van der Waals surface area contributed by atoms with Gasteiger partial charge in [-0.1, -0.05) is 84.4 Å². The van der Waals surface area contributed by atoms with Crippen LogP contribution in [-0.4, -0.2) is 6.16 Å². The quantitative estimate of drug-likeness (QED) is 0.578. The Kier molecular flexibility index (Phi) is 5.27. The normalized spacial score (nSPS) is 10.8. The fourth-order valence-electron chi connectivity index (χ4n) is 2.52. The van der Waals surface area contributed by atoms with Gasteiger partial charge in [0, 0.05) is 5.02 Å². The molecule has 0 aliphatic heterocycles. The summed E-state index contributed by atoms with van der Waals surface area (Å²) in [6, 6.07) is 29.9. The van der Waals surface area contributed by atoms with E-state index < -0.39 is 0 Å². The highest BCUT2D eigenvalue weighted by atomic mass is 35.5. The number of halogens is 1. The lowest BCUT2D eigenvalue weighted by Crippen LogP contribution is -2.14. The Balaban J connectivity index is 1.81. The van der Waals surface area contributed by atoms with E-state index >= 15 is 0 Å². The number of rotatable bonds is 5. The molecule has 0 fully saturated rings. The standard InChI is InChI=1S/C20H18ClP/c21-18-13-11-17(12-14-18)15-16-22(19-7-3-1-4-8-19)20-9-5-2-6-10-20/h1-14H,15-16H2. The van der Waals surface area contributed by atoms with E-state index in [9.17, 15) is 0 Å². The summed E-state index contributed by atoms with van der Waals surface area (Å²) < 4.78 is 0. The van der Waals surface area contributed by atoms with Gasteiger partial charge in [-0.2, -0.15) is 0 Å².